The van der Waals surface area contributed by atoms with E-state index in [-0.39, 0.29) is 11.9 Å². The third-order valence-electron chi connectivity index (χ3n) is 6.02. The molecule has 1 aromatic heterocycles. The van der Waals surface area contributed by atoms with E-state index < -0.39 is 8.07 Å². The highest BCUT2D eigenvalue weighted by Crippen LogP contribution is 2.28. The molecular weight excluding hydrogens is 409 g/mol. The first-order valence-electron chi connectivity index (χ1n) is 11.3. The van der Waals surface area contributed by atoms with Crippen LogP contribution in [0.15, 0.2) is 24.4 Å². The molecule has 172 valence electrons. The second-order valence-corrected chi connectivity index (χ2v) is 15.5. The van der Waals surface area contributed by atoms with Crippen LogP contribution in [-0.4, -0.2) is 43.6 Å². The summed E-state index contributed by atoms with van der Waals surface area (Å²) in [4.78, 5) is 2.17. The summed E-state index contributed by atoms with van der Waals surface area (Å²) in [6, 6.07) is 6.84. The van der Waals surface area contributed by atoms with Crippen LogP contribution < -0.4 is 16.0 Å². The second kappa shape index (κ2) is 10.1. The number of para-hydroxylation sites is 1. The Labute approximate surface area is 187 Å². The lowest BCUT2D eigenvalue weighted by Gasteiger charge is -2.36. The summed E-state index contributed by atoms with van der Waals surface area (Å²) < 4.78 is 22.1. The van der Waals surface area contributed by atoms with Crippen molar-refractivity contribution in [1.29, 1.82) is 0 Å². The van der Waals surface area contributed by atoms with E-state index in [9.17, 15) is 4.39 Å². The number of piperidine rings is 1. The van der Waals surface area contributed by atoms with Gasteiger partial charge in [-0.2, -0.15) is 5.10 Å². The van der Waals surface area contributed by atoms with Crippen molar-refractivity contribution in [2.75, 3.05) is 30.3 Å². The van der Waals surface area contributed by atoms with E-state index in [1.165, 1.54) is 0 Å². The molecule has 0 bridgehead atoms. The summed E-state index contributed by atoms with van der Waals surface area (Å²) in [6.45, 7) is 14.0. The summed E-state index contributed by atoms with van der Waals surface area (Å²) in [5.74, 6) is -0.134. The molecule has 0 radical (unpaired) electrons. The fourth-order valence-electron chi connectivity index (χ4n) is 4.24. The average molecular weight is 448 g/mol. The van der Waals surface area contributed by atoms with Crippen LogP contribution in [0.1, 0.15) is 37.1 Å². The molecular formula is C23H38FN5OSi. The number of hydrogen-bond donors (Lipinski definition) is 2. The molecule has 1 aromatic carbocycles. The maximum absolute atomic E-state index is 14.3. The van der Waals surface area contributed by atoms with Crippen molar-refractivity contribution in [1.82, 2.24) is 15.1 Å². The van der Waals surface area contributed by atoms with Gasteiger partial charge in [-0.1, -0.05) is 31.8 Å². The third-order valence-corrected chi connectivity index (χ3v) is 7.72. The molecule has 0 saturated carbocycles. The molecule has 0 spiro atoms. The number of rotatable bonds is 9. The molecule has 0 amide bonds. The van der Waals surface area contributed by atoms with E-state index in [0.29, 0.717) is 18.5 Å². The van der Waals surface area contributed by atoms with E-state index in [1.54, 1.807) is 18.3 Å². The van der Waals surface area contributed by atoms with Crippen LogP contribution in [0.3, 0.4) is 0 Å². The minimum absolute atomic E-state index is 0.0647. The number of nitrogens with zero attached hydrogens (tertiary/aromatic N) is 3. The molecule has 2 aromatic rings. The van der Waals surface area contributed by atoms with Gasteiger partial charge in [-0.25, -0.2) is 9.07 Å². The van der Waals surface area contributed by atoms with Crippen LogP contribution >= 0.6 is 0 Å². The number of aromatic nitrogens is 2. The summed E-state index contributed by atoms with van der Waals surface area (Å²) in [7, 11) is -1.11. The molecule has 1 aliphatic rings. The van der Waals surface area contributed by atoms with Crippen molar-refractivity contribution in [3.63, 3.8) is 0 Å². The van der Waals surface area contributed by atoms with Gasteiger partial charge in [0.15, 0.2) is 0 Å². The molecule has 1 unspecified atom stereocenters. The smallest absolute Gasteiger partial charge is 0.146 e. The Bertz CT molecular complexity index is 838. The predicted octanol–water partition coefficient (Wildman–Crippen LogP) is 4.54. The van der Waals surface area contributed by atoms with Gasteiger partial charge in [0, 0.05) is 39.9 Å². The topological polar surface area (TPSA) is 68.3 Å². The first-order chi connectivity index (χ1) is 14.7. The molecule has 1 atom stereocenters. The van der Waals surface area contributed by atoms with Crippen molar-refractivity contribution < 1.29 is 9.13 Å². The van der Waals surface area contributed by atoms with Gasteiger partial charge in [-0.3, -0.25) is 0 Å². The minimum atomic E-state index is -1.11. The molecule has 31 heavy (non-hydrogen) atoms. The zero-order chi connectivity index (χ0) is 22.6. The van der Waals surface area contributed by atoms with Gasteiger partial charge in [0.25, 0.3) is 0 Å². The van der Waals surface area contributed by atoms with Crippen molar-refractivity contribution in [2.45, 2.75) is 71.2 Å². The van der Waals surface area contributed by atoms with Crippen LogP contribution in [0.2, 0.25) is 25.7 Å². The van der Waals surface area contributed by atoms with Crippen LogP contribution in [0, 0.1) is 12.7 Å². The van der Waals surface area contributed by atoms with E-state index in [4.69, 9.17) is 10.5 Å². The van der Waals surface area contributed by atoms with Crippen molar-refractivity contribution >= 4 is 19.4 Å². The highest BCUT2D eigenvalue weighted by atomic mass is 28.3. The first-order valence-corrected chi connectivity index (χ1v) is 15.0. The van der Waals surface area contributed by atoms with Gasteiger partial charge in [-0.15, -0.1) is 0 Å². The van der Waals surface area contributed by atoms with Gasteiger partial charge in [-0.05, 0) is 44.4 Å². The molecule has 6 nitrogen and oxygen atoms in total. The zero-order valence-electron chi connectivity index (χ0n) is 19.6. The molecule has 3 rings (SSSR count). The number of anilines is 2. The SMILES string of the molecule is Cc1cccc(F)c1N1CCC(NC(C)c2c(N)cnn2COCC[Si](C)(C)C)CC1. The third kappa shape index (κ3) is 6.30. The molecule has 0 aliphatic carbocycles. The van der Waals surface area contributed by atoms with Gasteiger partial charge in [0.05, 0.1) is 23.3 Å². The number of nitrogens with two attached hydrogens (primary N) is 1. The standard InChI is InChI=1S/C23H38FN5OSi/c1-17-7-6-8-20(24)22(17)28-11-9-19(10-12-28)27-18(2)23-21(25)15-26-29(23)16-30-13-14-31(3,4)5/h6-8,15,18-19,27H,9-14,16,25H2,1-5H3. The molecule has 1 aliphatic heterocycles. The highest BCUT2D eigenvalue weighted by molar-refractivity contribution is 6.76. The van der Waals surface area contributed by atoms with E-state index in [0.717, 1.165) is 55.5 Å². The molecule has 8 heteroatoms. The van der Waals surface area contributed by atoms with Crippen molar-refractivity contribution in [2.24, 2.45) is 0 Å². The lowest BCUT2D eigenvalue weighted by atomic mass is 10.0. The predicted molar refractivity (Wildman–Crippen MR) is 129 cm³/mol. The first kappa shape index (κ1) is 23.8. The maximum Gasteiger partial charge on any atom is 0.146 e. The number of aryl methyl sites for hydroxylation is 1. The Kier molecular flexibility index (Phi) is 7.77. The second-order valence-electron chi connectivity index (χ2n) is 9.89. The molecule has 1 fully saturated rings. The number of hydrogen-bond acceptors (Lipinski definition) is 5. The number of halogens is 1. The number of ether oxygens (including phenoxy) is 1. The lowest BCUT2D eigenvalue weighted by Crippen LogP contribution is -2.44. The van der Waals surface area contributed by atoms with Crippen LogP contribution in [0.25, 0.3) is 0 Å². The summed E-state index contributed by atoms with van der Waals surface area (Å²) in [5.41, 5.74) is 9.62. The van der Waals surface area contributed by atoms with Crippen LogP contribution in [0.4, 0.5) is 15.8 Å². The Balaban J connectivity index is 1.54. The molecule has 1 saturated heterocycles. The normalized spacial score (nSPS) is 16.6. The molecule has 3 N–H and O–H groups in total. The lowest BCUT2D eigenvalue weighted by molar-refractivity contribution is 0.0752. The largest absolute Gasteiger partial charge is 0.396 e. The van der Waals surface area contributed by atoms with Crippen molar-refractivity contribution in [3.8, 4) is 0 Å². The zero-order valence-corrected chi connectivity index (χ0v) is 20.6. The maximum atomic E-state index is 14.3. The summed E-state index contributed by atoms with van der Waals surface area (Å²) >= 11 is 0. The Morgan fingerprint density at radius 3 is 2.65 bits per heavy atom. The number of benzene rings is 1. The number of nitrogen functional groups attached to an aromatic ring is 1. The Morgan fingerprint density at radius 2 is 2.00 bits per heavy atom. The summed E-state index contributed by atoms with van der Waals surface area (Å²) in [5, 5.41) is 8.13. The Morgan fingerprint density at radius 1 is 1.29 bits per heavy atom. The van der Waals surface area contributed by atoms with Crippen LogP contribution in [-0.2, 0) is 11.5 Å². The summed E-state index contributed by atoms with van der Waals surface area (Å²) in [6.07, 6.45) is 3.62. The highest BCUT2D eigenvalue weighted by Gasteiger charge is 2.25. The fourth-order valence-corrected chi connectivity index (χ4v) is 5.00. The van der Waals surface area contributed by atoms with Gasteiger partial charge >= 0.3 is 0 Å². The average Bonchev–Trinajstić information content (AvgIpc) is 3.06. The quantitative estimate of drug-likeness (QED) is 0.436. The molecule has 2 heterocycles. The number of nitrogens with one attached hydrogen (secondary N) is 1. The Hall–Kier alpha value is -1.90. The van der Waals surface area contributed by atoms with Crippen molar-refractivity contribution in [3.05, 3.63) is 41.5 Å². The minimum Gasteiger partial charge on any atom is -0.396 e. The fraction of sp³-hybridized carbons (Fsp3) is 0.609. The van der Waals surface area contributed by atoms with E-state index in [1.807, 2.05) is 17.7 Å². The van der Waals surface area contributed by atoms with Crippen LogP contribution in [0.5, 0.6) is 0 Å². The van der Waals surface area contributed by atoms with E-state index in [2.05, 4.69) is 41.9 Å². The van der Waals surface area contributed by atoms with Gasteiger partial charge in [0.2, 0.25) is 0 Å². The van der Waals surface area contributed by atoms with E-state index >= 15 is 0 Å². The monoisotopic (exact) mass is 447 g/mol. The van der Waals surface area contributed by atoms with Gasteiger partial charge < -0.3 is 20.7 Å². The van der Waals surface area contributed by atoms with Gasteiger partial charge in [0.1, 0.15) is 12.5 Å².